The van der Waals surface area contributed by atoms with Gasteiger partial charge in [0.2, 0.25) is 5.91 Å². The number of carbonyl (C=O) groups is 1. The molecule has 0 atom stereocenters. The van der Waals surface area contributed by atoms with Crippen LogP contribution in [0.2, 0.25) is 0 Å². The number of nitrogens with zero attached hydrogens (tertiary/aromatic N) is 2. The molecule has 2 rings (SSSR count). The van der Waals surface area contributed by atoms with Crippen molar-refractivity contribution in [2.24, 2.45) is 0 Å². The molecular weight excluding hydrogens is 250 g/mol. The fraction of sp³-hybridized carbons (Fsp3) is 0.375. The van der Waals surface area contributed by atoms with Crippen molar-refractivity contribution in [1.82, 2.24) is 14.9 Å². The highest BCUT2D eigenvalue weighted by Gasteiger charge is 2.04. The van der Waals surface area contributed by atoms with Gasteiger partial charge in [-0.25, -0.2) is 4.98 Å². The summed E-state index contributed by atoms with van der Waals surface area (Å²) in [7, 11) is 0. The highest BCUT2D eigenvalue weighted by atomic mass is 16.1. The summed E-state index contributed by atoms with van der Waals surface area (Å²) in [6.07, 6.45) is 5.07. The monoisotopic (exact) mass is 271 g/mol. The Morgan fingerprint density at radius 1 is 1.30 bits per heavy atom. The van der Waals surface area contributed by atoms with Gasteiger partial charge in [0, 0.05) is 38.3 Å². The molecule has 0 saturated heterocycles. The molecule has 4 heteroatoms. The summed E-state index contributed by atoms with van der Waals surface area (Å²) in [6.45, 7) is 5.39. The van der Waals surface area contributed by atoms with Crippen LogP contribution in [0, 0.1) is 6.92 Å². The van der Waals surface area contributed by atoms with Crippen molar-refractivity contribution < 1.29 is 4.79 Å². The zero-order valence-corrected chi connectivity index (χ0v) is 12.1. The Labute approximate surface area is 119 Å². The molecule has 1 amide bonds. The third kappa shape index (κ3) is 3.95. The number of aromatic nitrogens is 2. The molecule has 1 aromatic carbocycles. The predicted octanol–water partition coefficient (Wildman–Crippen LogP) is 2.31. The molecule has 0 aliphatic carbocycles. The molecule has 0 bridgehead atoms. The first-order valence-electron chi connectivity index (χ1n) is 7.01. The van der Waals surface area contributed by atoms with Crippen molar-refractivity contribution in [2.45, 2.75) is 33.2 Å². The van der Waals surface area contributed by atoms with E-state index in [1.54, 1.807) is 0 Å². The summed E-state index contributed by atoms with van der Waals surface area (Å²) < 4.78 is 2.13. The summed E-state index contributed by atoms with van der Waals surface area (Å²) in [5.74, 6) is 1.09. The average Bonchev–Trinajstić information content (AvgIpc) is 2.88. The van der Waals surface area contributed by atoms with E-state index in [0.717, 1.165) is 18.8 Å². The molecule has 20 heavy (non-hydrogen) atoms. The number of hydrogen-bond acceptors (Lipinski definition) is 2. The van der Waals surface area contributed by atoms with Gasteiger partial charge in [-0.05, 0) is 12.5 Å². The van der Waals surface area contributed by atoms with Crippen molar-refractivity contribution in [3.63, 3.8) is 0 Å². The van der Waals surface area contributed by atoms with Crippen LogP contribution < -0.4 is 5.32 Å². The predicted molar refractivity (Wildman–Crippen MR) is 79.5 cm³/mol. The number of hydrogen-bond donors (Lipinski definition) is 1. The number of rotatable bonds is 6. The zero-order chi connectivity index (χ0) is 14.4. The van der Waals surface area contributed by atoms with E-state index in [0.29, 0.717) is 13.0 Å². The van der Waals surface area contributed by atoms with Crippen LogP contribution >= 0.6 is 0 Å². The van der Waals surface area contributed by atoms with E-state index in [1.165, 1.54) is 11.1 Å². The third-order valence-corrected chi connectivity index (χ3v) is 3.27. The van der Waals surface area contributed by atoms with E-state index in [-0.39, 0.29) is 5.91 Å². The average molecular weight is 271 g/mol. The van der Waals surface area contributed by atoms with Crippen LogP contribution in [0.3, 0.4) is 0 Å². The number of amides is 1. The molecule has 0 fully saturated rings. The summed E-state index contributed by atoms with van der Waals surface area (Å²) in [6, 6.07) is 8.51. The summed E-state index contributed by atoms with van der Waals surface area (Å²) in [5, 5.41) is 2.88. The Bertz CT molecular complexity index is 557. The fourth-order valence-corrected chi connectivity index (χ4v) is 2.04. The maximum absolute atomic E-state index is 11.2. The largest absolute Gasteiger partial charge is 0.356 e. The molecule has 0 aliphatic rings. The van der Waals surface area contributed by atoms with Gasteiger partial charge in [0.05, 0.1) is 0 Å². The highest BCUT2D eigenvalue weighted by Crippen LogP contribution is 2.07. The molecule has 0 radical (unpaired) electrons. The Morgan fingerprint density at radius 3 is 2.75 bits per heavy atom. The second kappa shape index (κ2) is 6.89. The standard InChI is InChI=1S/C16H21N3O/c1-3-16(20)18-9-8-15-17-10-11-19(15)12-14-6-4-13(2)5-7-14/h4-7,10-11H,3,8-9,12H2,1-2H3,(H,18,20). The topological polar surface area (TPSA) is 46.9 Å². The van der Waals surface area contributed by atoms with Crippen LogP contribution in [-0.4, -0.2) is 22.0 Å². The van der Waals surface area contributed by atoms with Crippen LogP contribution in [0.5, 0.6) is 0 Å². The first-order valence-corrected chi connectivity index (χ1v) is 7.01. The van der Waals surface area contributed by atoms with E-state index in [2.05, 4.69) is 46.1 Å². The molecule has 2 aromatic rings. The van der Waals surface area contributed by atoms with Crippen molar-refractivity contribution in [2.75, 3.05) is 6.54 Å². The highest BCUT2D eigenvalue weighted by molar-refractivity contribution is 5.75. The minimum absolute atomic E-state index is 0.0849. The molecule has 106 valence electrons. The van der Waals surface area contributed by atoms with E-state index >= 15 is 0 Å². The van der Waals surface area contributed by atoms with Crippen LogP contribution in [0.1, 0.15) is 30.3 Å². The molecule has 1 N–H and O–H groups in total. The zero-order valence-electron chi connectivity index (χ0n) is 12.1. The molecule has 1 aromatic heterocycles. The molecule has 0 saturated carbocycles. The van der Waals surface area contributed by atoms with Gasteiger partial charge in [0.1, 0.15) is 5.82 Å². The normalized spacial score (nSPS) is 10.5. The smallest absolute Gasteiger partial charge is 0.219 e. The maximum atomic E-state index is 11.2. The second-order valence-electron chi connectivity index (χ2n) is 4.91. The lowest BCUT2D eigenvalue weighted by Crippen LogP contribution is -2.25. The van der Waals surface area contributed by atoms with E-state index < -0.39 is 0 Å². The fourth-order valence-electron chi connectivity index (χ4n) is 2.04. The summed E-state index contributed by atoms with van der Waals surface area (Å²) >= 11 is 0. The van der Waals surface area contributed by atoms with Gasteiger partial charge in [0.15, 0.2) is 0 Å². The van der Waals surface area contributed by atoms with Gasteiger partial charge < -0.3 is 9.88 Å². The molecule has 0 unspecified atom stereocenters. The first-order chi connectivity index (χ1) is 9.69. The van der Waals surface area contributed by atoms with E-state index in [1.807, 2.05) is 19.3 Å². The van der Waals surface area contributed by atoms with Crippen molar-refractivity contribution in [3.8, 4) is 0 Å². The summed E-state index contributed by atoms with van der Waals surface area (Å²) in [4.78, 5) is 15.6. The Hall–Kier alpha value is -2.10. The van der Waals surface area contributed by atoms with Gasteiger partial charge in [0.25, 0.3) is 0 Å². The van der Waals surface area contributed by atoms with Gasteiger partial charge >= 0.3 is 0 Å². The minimum atomic E-state index is 0.0849. The molecule has 4 nitrogen and oxygen atoms in total. The van der Waals surface area contributed by atoms with Crippen molar-refractivity contribution >= 4 is 5.91 Å². The van der Waals surface area contributed by atoms with Crippen LogP contribution in [0.25, 0.3) is 0 Å². The van der Waals surface area contributed by atoms with Crippen LogP contribution in [-0.2, 0) is 17.8 Å². The number of nitrogens with one attached hydrogen (secondary N) is 1. The Balaban J connectivity index is 1.94. The van der Waals surface area contributed by atoms with Crippen molar-refractivity contribution in [3.05, 3.63) is 53.6 Å². The van der Waals surface area contributed by atoms with Gasteiger partial charge in [-0.15, -0.1) is 0 Å². The van der Waals surface area contributed by atoms with Gasteiger partial charge in [-0.2, -0.15) is 0 Å². The second-order valence-corrected chi connectivity index (χ2v) is 4.91. The van der Waals surface area contributed by atoms with Crippen LogP contribution in [0.4, 0.5) is 0 Å². The lowest BCUT2D eigenvalue weighted by atomic mass is 10.1. The Kier molecular flexibility index (Phi) is 4.93. The number of imidazole rings is 1. The Morgan fingerprint density at radius 2 is 2.05 bits per heavy atom. The lowest BCUT2D eigenvalue weighted by molar-refractivity contribution is -0.120. The van der Waals surface area contributed by atoms with E-state index in [9.17, 15) is 4.79 Å². The minimum Gasteiger partial charge on any atom is -0.356 e. The SMILES string of the molecule is CCC(=O)NCCc1nccn1Cc1ccc(C)cc1. The first kappa shape index (κ1) is 14.3. The molecule has 0 aliphatic heterocycles. The summed E-state index contributed by atoms with van der Waals surface area (Å²) in [5.41, 5.74) is 2.52. The molecular formula is C16H21N3O. The number of benzene rings is 1. The van der Waals surface area contributed by atoms with Crippen molar-refractivity contribution in [1.29, 1.82) is 0 Å². The molecule has 0 spiro atoms. The van der Waals surface area contributed by atoms with E-state index in [4.69, 9.17) is 0 Å². The lowest BCUT2D eigenvalue weighted by Gasteiger charge is -2.09. The van der Waals surface area contributed by atoms with Crippen LogP contribution in [0.15, 0.2) is 36.7 Å². The number of aryl methyl sites for hydroxylation is 1. The maximum Gasteiger partial charge on any atom is 0.219 e. The third-order valence-electron chi connectivity index (χ3n) is 3.27. The number of carbonyl (C=O) groups excluding carboxylic acids is 1. The van der Waals surface area contributed by atoms with Gasteiger partial charge in [-0.3, -0.25) is 4.79 Å². The quantitative estimate of drug-likeness (QED) is 0.876. The molecule has 1 heterocycles. The van der Waals surface area contributed by atoms with Gasteiger partial charge in [-0.1, -0.05) is 36.8 Å².